The third-order valence-electron chi connectivity index (χ3n) is 13.2. The Hall–Kier alpha value is -0.860. The van der Waals surface area contributed by atoms with E-state index in [-0.39, 0.29) is 28.7 Å². The molecule has 0 radical (unpaired) electrons. The molecule has 0 bridgehead atoms. The molecule has 4 saturated carbocycles. The van der Waals surface area contributed by atoms with E-state index in [2.05, 4.69) is 41.5 Å². The Morgan fingerprint density at radius 1 is 0.788 bits per heavy atom. The lowest BCUT2D eigenvalue weighted by atomic mass is 9.33. The quantitative estimate of drug-likeness (QED) is 0.304. The van der Waals surface area contributed by atoms with E-state index in [1.807, 2.05) is 13.8 Å². The van der Waals surface area contributed by atoms with E-state index in [4.69, 9.17) is 4.74 Å². The standard InChI is InChI=1S/C30H48O3/c1-18(2)19-11-13-27(5)15-16-29(7)20(24(19)27)9-10-22-28(6)17-23(31)33-25(32)26(3,4)21(28)12-14-30(22,29)8/h18-22,24H,9-17H2,1-8H3/t19-,20+,21-,22+,24+,27+,28+,29+,30-/m0/s1. The second-order valence-corrected chi connectivity index (χ2v) is 15.0. The highest BCUT2D eigenvalue weighted by molar-refractivity contribution is 5.90. The zero-order valence-electron chi connectivity index (χ0n) is 22.6. The van der Waals surface area contributed by atoms with Gasteiger partial charge < -0.3 is 4.74 Å². The minimum atomic E-state index is -0.598. The minimum absolute atomic E-state index is 0.165. The van der Waals surface area contributed by atoms with E-state index in [9.17, 15) is 9.59 Å². The van der Waals surface area contributed by atoms with Crippen LogP contribution in [0.3, 0.4) is 0 Å². The number of ether oxygens (including phenoxy) is 1. The van der Waals surface area contributed by atoms with Gasteiger partial charge in [-0.3, -0.25) is 9.59 Å². The van der Waals surface area contributed by atoms with Crippen molar-refractivity contribution >= 4 is 11.9 Å². The molecule has 186 valence electrons. The first kappa shape index (κ1) is 23.9. The SMILES string of the molecule is CC(C)[C@@H]1CC[C@]2(C)CC[C@]3(C)[C@H](CC[C@@H]4[C@]5(C)CC(=O)OC(=O)C(C)(C)[C@@H]5CC[C@@]43C)[C@@H]12. The third-order valence-corrected chi connectivity index (χ3v) is 13.2. The number of fused-ring (bicyclic) bond motifs is 7. The van der Waals surface area contributed by atoms with Crippen molar-refractivity contribution in [3.63, 3.8) is 0 Å². The maximum absolute atomic E-state index is 12.9. The maximum Gasteiger partial charge on any atom is 0.319 e. The third kappa shape index (κ3) is 2.92. The van der Waals surface area contributed by atoms with Crippen LogP contribution in [0.15, 0.2) is 0 Å². The van der Waals surface area contributed by atoms with Crippen molar-refractivity contribution in [1.82, 2.24) is 0 Å². The van der Waals surface area contributed by atoms with Crippen LogP contribution >= 0.6 is 0 Å². The van der Waals surface area contributed by atoms with Gasteiger partial charge in [0.25, 0.3) is 0 Å². The van der Waals surface area contributed by atoms with Gasteiger partial charge in [-0.1, -0.05) is 41.5 Å². The number of cyclic esters (lactones) is 2. The topological polar surface area (TPSA) is 43.4 Å². The molecule has 1 saturated heterocycles. The molecule has 1 aliphatic heterocycles. The molecule has 5 rings (SSSR count). The van der Waals surface area contributed by atoms with E-state index in [1.54, 1.807) is 0 Å². The van der Waals surface area contributed by atoms with Crippen molar-refractivity contribution in [2.24, 2.45) is 62.6 Å². The molecule has 4 aliphatic carbocycles. The van der Waals surface area contributed by atoms with Crippen LogP contribution in [0.25, 0.3) is 0 Å². The Kier molecular flexibility index (Phi) is 5.13. The highest BCUT2D eigenvalue weighted by atomic mass is 16.6. The van der Waals surface area contributed by atoms with Crippen LogP contribution in [-0.2, 0) is 14.3 Å². The van der Waals surface area contributed by atoms with E-state index < -0.39 is 5.41 Å². The molecule has 3 heteroatoms. The zero-order chi connectivity index (χ0) is 24.2. The summed E-state index contributed by atoms with van der Waals surface area (Å²) < 4.78 is 5.36. The van der Waals surface area contributed by atoms with Gasteiger partial charge in [-0.15, -0.1) is 0 Å². The second-order valence-electron chi connectivity index (χ2n) is 15.0. The Balaban J connectivity index is 1.57. The number of hydrogen-bond donors (Lipinski definition) is 0. The largest absolute Gasteiger partial charge is 0.393 e. The molecule has 5 fully saturated rings. The normalized spacial score (nSPS) is 53.4. The van der Waals surface area contributed by atoms with E-state index in [0.29, 0.717) is 23.2 Å². The monoisotopic (exact) mass is 456 g/mol. The fourth-order valence-corrected chi connectivity index (χ4v) is 11.3. The lowest BCUT2D eigenvalue weighted by Crippen LogP contribution is -2.65. The Morgan fingerprint density at radius 2 is 1.48 bits per heavy atom. The molecular formula is C30H48O3. The van der Waals surface area contributed by atoms with Crippen molar-refractivity contribution in [2.45, 2.75) is 113 Å². The van der Waals surface area contributed by atoms with Crippen LogP contribution in [0.5, 0.6) is 0 Å². The van der Waals surface area contributed by atoms with Gasteiger partial charge in [0.05, 0.1) is 11.8 Å². The van der Waals surface area contributed by atoms with Gasteiger partial charge in [0.2, 0.25) is 0 Å². The highest BCUT2D eigenvalue weighted by Crippen LogP contribution is 2.76. The predicted octanol–water partition coefficient (Wildman–Crippen LogP) is 7.42. The molecule has 3 nitrogen and oxygen atoms in total. The number of carbonyl (C=O) groups is 2. The van der Waals surface area contributed by atoms with Crippen LogP contribution in [-0.4, -0.2) is 11.9 Å². The summed E-state index contributed by atoms with van der Waals surface area (Å²) >= 11 is 0. The van der Waals surface area contributed by atoms with Gasteiger partial charge in [0.15, 0.2) is 0 Å². The van der Waals surface area contributed by atoms with Crippen LogP contribution in [0.4, 0.5) is 0 Å². The van der Waals surface area contributed by atoms with Gasteiger partial charge in [-0.2, -0.15) is 0 Å². The molecular weight excluding hydrogens is 408 g/mol. The number of rotatable bonds is 1. The highest BCUT2D eigenvalue weighted by Gasteiger charge is 2.70. The molecule has 0 aromatic carbocycles. The Labute approximate surface area is 202 Å². The first-order valence-electron chi connectivity index (χ1n) is 14.0. The summed E-state index contributed by atoms with van der Waals surface area (Å²) in [6.45, 7) is 19.2. The van der Waals surface area contributed by atoms with Gasteiger partial charge in [-0.05, 0) is 122 Å². The molecule has 5 aliphatic rings. The first-order valence-corrected chi connectivity index (χ1v) is 14.0. The summed E-state index contributed by atoms with van der Waals surface area (Å²) in [7, 11) is 0. The summed E-state index contributed by atoms with van der Waals surface area (Å²) in [5.74, 6) is 3.36. The number of carbonyl (C=O) groups excluding carboxylic acids is 2. The zero-order valence-corrected chi connectivity index (χ0v) is 22.6. The molecule has 9 atom stereocenters. The minimum Gasteiger partial charge on any atom is -0.393 e. The molecule has 0 aromatic rings. The van der Waals surface area contributed by atoms with E-state index in [1.165, 1.54) is 44.9 Å². The van der Waals surface area contributed by atoms with Crippen molar-refractivity contribution in [2.75, 3.05) is 0 Å². The molecule has 0 unspecified atom stereocenters. The molecule has 0 amide bonds. The van der Waals surface area contributed by atoms with Crippen LogP contribution in [0.1, 0.15) is 113 Å². The average Bonchev–Trinajstić information content (AvgIpc) is 3.03. The summed E-state index contributed by atoms with van der Waals surface area (Å²) in [5, 5.41) is 0. The van der Waals surface area contributed by atoms with Crippen molar-refractivity contribution < 1.29 is 14.3 Å². The first-order chi connectivity index (χ1) is 15.2. The number of hydrogen-bond acceptors (Lipinski definition) is 3. The van der Waals surface area contributed by atoms with Gasteiger partial charge >= 0.3 is 11.9 Å². The fraction of sp³-hybridized carbons (Fsp3) is 0.933. The van der Waals surface area contributed by atoms with Crippen molar-refractivity contribution in [1.29, 1.82) is 0 Å². The summed E-state index contributed by atoms with van der Waals surface area (Å²) in [6, 6.07) is 0. The van der Waals surface area contributed by atoms with E-state index in [0.717, 1.165) is 30.1 Å². The summed E-state index contributed by atoms with van der Waals surface area (Å²) in [4.78, 5) is 25.7. The Morgan fingerprint density at radius 3 is 2.15 bits per heavy atom. The second kappa shape index (κ2) is 7.10. The molecule has 33 heavy (non-hydrogen) atoms. The van der Waals surface area contributed by atoms with Gasteiger partial charge in [-0.25, -0.2) is 0 Å². The number of esters is 2. The molecule has 0 N–H and O–H groups in total. The molecule has 1 heterocycles. The maximum atomic E-state index is 12.9. The van der Waals surface area contributed by atoms with Crippen LogP contribution in [0.2, 0.25) is 0 Å². The van der Waals surface area contributed by atoms with Crippen LogP contribution < -0.4 is 0 Å². The summed E-state index contributed by atoms with van der Waals surface area (Å²) in [5.41, 5.74) is 0.289. The summed E-state index contributed by atoms with van der Waals surface area (Å²) in [6.07, 6.45) is 10.7. The average molecular weight is 457 g/mol. The van der Waals surface area contributed by atoms with Gasteiger partial charge in [0, 0.05) is 0 Å². The van der Waals surface area contributed by atoms with Crippen molar-refractivity contribution in [3.8, 4) is 0 Å². The van der Waals surface area contributed by atoms with Crippen LogP contribution in [0, 0.1) is 62.6 Å². The molecule has 0 aromatic heterocycles. The fourth-order valence-electron chi connectivity index (χ4n) is 11.3. The lowest BCUT2D eigenvalue weighted by Gasteiger charge is -2.71. The molecule has 0 spiro atoms. The predicted molar refractivity (Wildman–Crippen MR) is 131 cm³/mol. The van der Waals surface area contributed by atoms with Crippen molar-refractivity contribution in [3.05, 3.63) is 0 Å². The lowest BCUT2D eigenvalue weighted by molar-refractivity contribution is -0.227. The van der Waals surface area contributed by atoms with E-state index >= 15 is 0 Å². The smallest absolute Gasteiger partial charge is 0.319 e. The van der Waals surface area contributed by atoms with Gasteiger partial charge in [0.1, 0.15) is 0 Å². The Bertz CT molecular complexity index is 859.